The van der Waals surface area contributed by atoms with Gasteiger partial charge < -0.3 is 5.32 Å². The molecule has 5 nitrogen and oxygen atoms in total. The lowest BCUT2D eigenvalue weighted by Gasteiger charge is -2.38. The number of aryl methyl sites for hydroxylation is 1. The summed E-state index contributed by atoms with van der Waals surface area (Å²) in [5, 5.41) is 20.0. The SMILES string of the molecule is CCC(CC)(c1ccc(C)cc1)c1nnc(-c2cnn3c2NC(c2ccccc2)CC3(C)C)s1. The van der Waals surface area contributed by atoms with Crippen molar-refractivity contribution in [1.29, 1.82) is 0 Å². The molecule has 6 heteroatoms. The van der Waals surface area contributed by atoms with Gasteiger partial charge in [-0.25, -0.2) is 4.68 Å². The fraction of sp³-hybridized carbons (Fsp3) is 0.393. The van der Waals surface area contributed by atoms with Crippen molar-refractivity contribution in [1.82, 2.24) is 20.0 Å². The minimum atomic E-state index is -0.129. The van der Waals surface area contributed by atoms with Gasteiger partial charge in [0.25, 0.3) is 0 Å². The molecular formula is C28H33N5S. The highest BCUT2D eigenvalue weighted by atomic mass is 32.1. The molecule has 0 radical (unpaired) electrons. The molecule has 3 heterocycles. The molecule has 0 amide bonds. The summed E-state index contributed by atoms with van der Waals surface area (Å²) in [6.07, 6.45) is 4.88. The van der Waals surface area contributed by atoms with Gasteiger partial charge in [0.15, 0.2) is 5.01 Å². The van der Waals surface area contributed by atoms with E-state index in [0.717, 1.165) is 40.7 Å². The Kier molecular flexibility index (Phi) is 5.80. The van der Waals surface area contributed by atoms with E-state index in [1.165, 1.54) is 16.7 Å². The fourth-order valence-corrected chi connectivity index (χ4v) is 6.48. The van der Waals surface area contributed by atoms with Crippen LogP contribution in [0.3, 0.4) is 0 Å². The zero-order chi connectivity index (χ0) is 23.9. The Labute approximate surface area is 206 Å². The number of benzene rings is 2. The van der Waals surface area contributed by atoms with Gasteiger partial charge in [-0.1, -0.05) is 85.3 Å². The van der Waals surface area contributed by atoms with Crippen LogP contribution in [0, 0.1) is 6.92 Å². The maximum absolute atomic E-state index is 4.79. The van der Waals surface area contributed by atoms with Gasteiger partial charge in [-0.05, 0) is 51.2 Å². The first-order chi connectivity index (χ1) is 16.4. The molecule has 0 aliphatic carbocycles. The van der Waals surface area contributed by atoms with E-state index in [9.17, 15) is 0 Å². The third-order valence-corrected chi connectivity index (χ3v) is 8.60. The maximum Gasteiger partial charge on any atom is 0.153 e. The lowest BCUT2D eigenvalue weighted by Crippen LogP contribution is -2.37. The van der Waals surface area contributed by atoms with E-state index in [1.54, 1.807) is 11.3 Å². The van der Waals surface area contributed by atoms with Crippen molar-refractivity contribution in [2.45, 2.75) is 70.9 Å². The zero-order valence-electron chi connectivity index (χ0n) is 20.7. The quantitative estimate of drug-likeness (QED) is 0.326. The van der Waals surface area contributed by atoms with E-state index in [0.29, 0.717) is 0 Å². The van der Waals surface area contributed by atoms with Crippen molar-refractivity contribution in [3.8, 4) is 10.6 Å². The van der Waals surface area contributed by atoms with Crippen LogP contribution in [0.4, 0.5) is 5.82 Å². The van der Waals surface area contributed by atoms with Crippen LogP contribution in [0.5, 0.6) is 0 Å². The van der Waals surface area contributed by atoms with Gasteiger partial charge >= 0.3 is 0 Å². The van der Waals surface area contributed by atoms with Crippen LogP contribution >= 0.6 is 11.3 Å². The highest BCUT2D eigenvalue weighted by molar-refractivity contribution is 7.14. The predicted molar refractivity (Wildman–Crippen MR) is 140 cm³/mol. The van der Waals surface area contributed by atoms with E-state index >= 15 is 0 Å². The molecule has 4 aromatic rings. The fourth-order valence-electron chi connectivity index (χ4n) is 5.27. The third kappa shape index (κ3) is 3.74. The van der Waals surface area contributed by atoms with Gasteiger partial charge in [-0.3, -0.25) is 0 Å². The second kappa shape index (κ2) is 8.66. The van der Waals surface area contributed by atoms with E-state index < -0.39 is 0 Å². The molecule has 1 aliphatic rings. The highest BCUT2D eigenvalue weighted by Gasteiger charge is 2.38. The number of hydrogen-bond donors (Lipinski definition) is 1. The van der Waals surface area contributed by atoms with Crippen LogP contribution in [-0.2, 0) is 11.0 Å². The molecule has 0 saturated heterocycles. The van der Waals surface area contributed by atoms with E-state index in [-0.39, 0.29) is 17.0 Å². The molecule has 0 spiro atoms. The number of fused-ring (bicyclic) bond motifs is 1. The van der Waals surface area contributed by atoms with Crippen LogP contribution in [0.15, 0.2) is 60.8 Å². The molecule has 0 saturated carbocycles. The van der Waals surface area contributed by atoms with Gasteiger partial charge in [0.2, 0.25) is 0 Å². The molecule has 1 N–H and O–H groups in total. The highest BCUT2D eigenvalue weighted by Crippen LogP contribution is 2.46. The van der Waals surface area contributed by atoms with Gasteiger partial charge in [0.05, 0.1) is 23.3 Å². The van der Waals surface area contributed by atoms with Crippen molar-refractivity contribution < 1.29 is 0 Å². The van der Waals surface area contributed by atoms with E-state index in [4.69, 9.17) is 15.3 Å². The van der Waals surface area contributed by atoms with Gasteiger partial charge in [0, 0.05) is 5.41 Å². The van der Waals surface area contributed by atoms with Crippen LogP contribution in [0.25, 0.3) is 10.6 Å². The van der Waals surface area contributed by atoms with Crippen molar-refractivity contribution in [3.63, 3.8) is 0 Å². The summed E-state index contributed by atoms with van der Waals surface area (Å²) in [5.74, 6) is 1.03. The van der Waals surface area contributed by atoms with E-state index in [2.05, 4.69) is 99.2 Å². The summed E-state index contributed by atoms with van der Waals surface area (Å²) in [4.78, 5) is 0. The first-order valence-electron chi connectivity index (χ1n) is 12.2. The zero-order valence-corrected chi connectivity index (χ0v) is 21.5. The second-order valence-electron chi connectivity index (χ2n) is 10.0. The maximum atomic E-state index is 4.79. The normalized spacial score (nSPS) is 17.3. The van der Waals surface area contributed by atoms with Crippen molar-refractivity contribution in [3.05, 3.63) is 82.5 Å². The number of aromatic nitrogens is 4. The Morgan fingerprint density at radius 2 is 1.74 bits per heavy atom. The minimum Gasteiger partial charge on any atom is -0.363 e. The number of rotatable bonds is 6. The molecule has 176 valence electrons. The summed E-state index contributed by atoms with van der Waals surface area (Å²) in [5.41, 5.74) is 4.67. The number of nitrogens with zero attached hydrogens (tertiary/aromatic N) is 4. The molecule has 0 bridgehead atoms. The summed E-state index contributed by atoms with van der Waals surface area (Å²) in [6.45, 7) is 11.1. The smallest absolute Gasteiger partial charge is 0.153 e. The molecule has 0 fully saturated rings. The first-order valence-corrected chi connectivity index (χ1v) is 13.0. The first kappa shape index (κ1) is 22.8. The monoisotopic (exact) mass is 471 g/mol. The van der Waals surface area contributed by atoms with Crippen molar-refractivity contribution in [2.75, 3.05) is 5.32 Å². The number of anilines is 1. The van der Waals surface area contributed by atoms with Gasteiger partial charge in [-0.2, -0.15) is 5.10 Å². The average Bonchev–Trinajstić information content (AvgIpc) is 3.50. The molecular weight excluding hydrogens is 438 g/mol. The molecule has 34 heavy (non-hydrogen) atoms. The Morgan fingerprint density at radius 1 is 1.03 bits per heavy atom. The predicted octanol–water partition coefficient (Wildman–Crippen LogP) is 7.11. The summed E-state index contributed by atoms with van der Waals surface area (Å²) >= 11 is 1.70. The van der Waals surface area contributed by atoms with Crippen LogP contribution in [0.2, 0.25) is 0 Å². The second-order valence-corrected chi connectivity index (χ2v) is 11.0. The lowest BCUT2D eigenvalue weighted by molar-refractivity contribution is 0.263. The van der Waals surface area contributed by atoms with Gasteiger partial charge in [0.1, 0.15) is 10.8 Å². The molecule has 1 unspecified atom stereocenters. The summed E-state index contributed by atoms with van der Waals surface area (Å²) < 4.78 is 2.12. The lowest BCUT2D eigenvalue weighted by atomic mass is 9.76. The molecule has 1 atom stereocenters. The summed E-state index contributed by atoms with van der Waals surface area (Å²) in [6, 6.07) is 19.8. The average molecular weight is 472 g/mol. The molecule has 1 aliphatic heterocycles. The van der Waals surface area contributed by atoms with Crippen LogP contribution in [0.1, 0.15) is 74.7 Å². The number of hydrogen-bond acceptors (Lipinski definition) is 5. The van der Waals surface area contributed by atoms with Crippen molar-refractivity contribution in [2.24, 2.45) is 0 Å². The number of nitrogens with one attached hydrogen (secondary N) is 1. The Morgan fingerprint density at radius 3 is 2.41 bits per heavy atom. The molecule has 5 rings (SSSR count). The summed E-state index contributed by atoms with van der Waals surface area (Å²) in [7, 11) is 0. The minimum absolute atomic E-state index is 0.106. The standard InChI is InChI=1S/C28H33N5S/c1-6-28(7-2,21-15-13-19(3)14-16-21)26-32-31-25(34-26)22-18-29-33-24(22)30-23(17-27(33,4)5)20-11-9-8-10-12-20/h8-16,18,23,30H,6-7,17H2,1-5H3. The van der Waals surface area contributed by atoms with Gasteiger partial charge in [-0.15, -0.1) is 10.2 Å². The molecule has 2 aromatic heterocycles. The Bertz CT molecular complexity index is 1270. The topological polar surface area (TPSA) is 55.6 Å². The Hall–Kier alpha value is -2.99. The van der Waals surface area contributed by atoms with E-state index in [1.807, 2.05) is 6.20 Å². The third-order valence-electron chi connectivity index (χ3n) is 7.44. The van der Waals surface area contributed by atoms with Crippen molar-refractivity contribution >= 4 is 17.2 Å². The molecule has 2 aromatic carbocycles. The van der Waals surface area contributed by atoms with Crippen LogP contribution in [-0.4, -0.2) is 20.0 Å². The largest absolute Gasteiger partial charge is 0.363 e. The van der Waals surface area contributed by atoms with Crippen LogP contribution < -0.4 is 5.32 Å². The Balaban J connectivity index is 1.55.